The molecule has 0 aliphatic carbocycles. The van der Waals surface area contributed by atoms with E-state index in [2.05, 4.69) is 5.32 Å². The molecule has 3 N–H and O–H groups in total. The zero-order chi connectivity index (χ0) is 11.8. The van der Waals surface area contributed by atoms with Crippen molar-refractivity contribution in [3.63, 3.8) is 0 Å². The largest absolute Gasteiger partial charge is 0.505 e. The van der Waals surface area contributed by atoms with Gasteiger partial charge < -0.3 is 15.5 Å². The van der Waals surface area contributed by atoms with E-state index in [1.54, 1.807) is 0 Å². The topological polar surface area (TPSA) is 52.5 Å². The molecule has 1 fully saturated rings. The standard InChI is InChI=1S/C11H13F2NO2/c12-8-3-7(10(15)9(13)4-8)5-11(16)1-2-14-6-11/h3-4,14-16H,1-2,5-6H2. The Kier molecular flexibility index (Phi) is 2.82. The number of β-amino-alcohol motifs (C(OH)–C–C–N with tert-alkyl or cyclic N) is 1. The van der Waals surface area contributed by atoms with Gasteiger partial charge in [0.05, 0.1) is 5.60 Å². The van der Waals surface area contributed by atoms with Crippen LogP contribution in [0.3, 0.4) is 0 Å². The Hall–Kier alpha value is -1.20. The fraction of sp³-hybridized carbons (Fsp3) is 0.455. The summed E-state index contributed by atoms with van der Waals surface area (Å²) in [6.07, 6.45) is 0.547. The minimum absolute atomic E-state index is 0.0422. The zero-order valence-corrected chi connectivity index (χ0v) is 8.63. The Labute approximate surface area is 91.7 Å². The van der Waals surface area contributed by atoms with Crippen LogP contribution in [0.4, 0.5) is 8.78 Å². The number of hydrogen-bond acceptors (Lipinski definition) is 3. The van der Waals surface area contributed by atoms with Gasteiger partial charge in [0.1, 0.15) is 5.82 Å². The van der Waals surface area contributed by atoms with Gasteiger partial charge in [0, 0.05) is 24.6 Å². The molecule has 2 rings (SSSR count). The summed E-state index contributed by atoms with van der Waals surface area (Å²) in [7, 11) is 0. The molecule has 5 heteroatoms. The molecule has 0 aromatic heterocycles. The number of halogens is 2. The number of benzene rings is 1. The first kappa shape index (κ1) is 11.3. The first-order chi connectivity index (χ1) is 7.50. The number of nitrogens with one attached hydrogen (secondary N) is 1. The van der Waals surface area contributed by atoms with Crippen LogP contribution in [0.1, 0.15) is 12.0 Å². The van der Waals surface area contributed by atoms with Gasteiger partial charge in [-0.15, -0.1) is 0 Å². The Balaban J connectivity index is 2.27. The van der Waals surface area contributed by atoms with Gasteiger partial charge >= 0.3 is 0 Å². The molecule has 0 bridgehead atoms. The Bertz CT molecular complexity index is 403. The van der Waals surface area contributed by atoms with Crippen molar-refractivity contribution in [2.45, 2.75) is 18.4 Å². The van der Waals surface area contributed by atoms with E-state index >= 15 is 0 Å². The lowest BCUT2D eigenvalue weighted by molar-refractivity contribution is 0.0610. The molecule has 1 unspecified atom stereocenters. The summed E-state index contributed by atoms with van der Waals surface area (Å²) in [5.41, 5.74) is -0.929. The molecule has 1 aliphatic heterocycles. The maximum Gasteiger partial charge on any atom is 0.168 e. The van der Waals surface area contributed by atoms with Crippen LogP contribution in [0.25, 0.3) is 0 Å². The van der Waals surface area contributed by atoms with Gasteiger partial charge in [-0.3, -0.25) is 0 Å². The van der Waals surface area contributed by atoms with Crippen LogP contribution in [0.15, 0.2) is 12.1 Å². The van der Waals surface area contributed by atoms with Crippen LogP contribution in [0.2, 0.25) is 0 Å². The molecule has 0 spiro atoms. The number of hydrogen-bond donors (Lipinski definition) is 3. The van der Waals surface area contributed by atoms with E-state index < -0.39 is 23.0 Å². The van der Waals surface area contributed by atoms with Crippen LogP contribution < -0.4 is 5.32 Å². The van der Waals surface area contributed by atoms with Crippen molar-refractivity contribution in [1.29, 1.82) is 0 Å². The van der Waals surface area contributed by atoms with E-state index in [1.165, 1.54) is 0 Å². The second kappa shape index (κ2) is 3.99. The molecule has 1 aliphatic rings. The average Bonchev–Trinajstić information content (AvgIpc) is 2.61. The summed E-state index contributed by atoms with van der Waals surface area (Å²) < 4.78 is 26.0. The highest BCUT2D eigenvalue weighted by Gasteiger charge is 2.32. The molecule has 1 aromatic rings. The van der Waals surface area contributed by atoms with E-state index in [9.17, 15) is 19.0 Å². The summed E-state index contributed by atoms with van der Waals surface area (Å²) >= 11 is 0. The number of phenolic OH excluding ortho intramolecular Hbond substituents is 1. The first-order valence-corrected chi connectivity index (χ1v) is 5.10. The Morgan fingerprint density at radius 3 is 2.75 bits per heavy atom. The molecule has 1 saturated heterocycles. The Morgan fingerprint density at radius 2 is 2.12 bits per heavy atom. The molecule has 0 radical (unpaired) electrons. The van der Waals surface area contributed by atoms with E-state index in [0.717, 1.165) is 6.07 Å². The van der Waals surface area contributed by atoms with Gasteiger partial charge in [-0.2, -0.15) is 0 Å². The normalized spacial score (nSPS) is 24.9. The molecule has 16 heavy (non-hydrogen) atoms. The predicted octanol–water partition coefficient (Wildman–Crippen LogP) is 0.937. The minimum atomic E-state index is -1.03. The van der Waals surface area contributed by atoms with Crippen molar-refractivity contribution in [1.82, 2.24) is 5.32 Å². The highest BCUT2D eigenvalue weighted by atomic mass is 19.1. The highest BCUT2D eigenvalue weighted by Crippen LogP contribution is 2.28. The monoisotopic (exact) mass is 229 g/mol. The van der Waals surface area contributed by atoms with Gasteiger partial charge in [0.15, 0.2) is 11.6 Å². The van der Waals surface area contributed by atoms with Crippen LogP contribution in [0, 0.1) is 11.6 Å². The number of aliphatic hydroxyl groups is 1. The minimum Gasteiger partial charge on any atom is -0.505 e. The van der Waals surface area contributed by atoms with Crippen LogP contribution >= 0.6 is 0 Å². The lowest BCUT2D eigenvalue weighted by Gasteiger charge is -2.21. The summed E-state index contributed by atoms with van der Waals surface area (Å²) in [4.78, 5) is 0. The fourth-order valence-corrected chi connectivity index (χ4v) is 1.99. The molecule has 1 aromatic carbocycles. The molecular weight excluding hydrogens is 216 g/mol. The SMILES string of the molecule is Oc1c(F)cc(F)cc1CC1(O)CCNC1. The summed E-state index contributed by atoms with van der Waals surface area (Å²) in [6.45, 7) is 1.03. The average molecular weight is 229 g/mol. The second-order valence-corrected chi connectivity index (χ2v) is 4.22. The quantitative estimate of drug-likeness (QED) is 0.707. The predicted molar refractivity (Wildman–Crippen MR) is 54.2 cm³/mol. The molecule has 1 atom stereocenters. The second-order valence-electron chi connectivity index (χ2n) is 4.22. The molecular formula is C11H13F2NO2. The number of rotatable bonds is 2. The van der Waals surface area contributed by atoms with Gasteiger partial charge in [-0.05, 0) is 19.0 Å². The lowest BCUT2D eigenvalue weighted by atomic mass is 9.93. The third kappa shape index (κ3) is 2.15. The van der Waals surface area contributed by atoms with E-state index in [-0.39, 0.29) is 12.0 Å². The van der Waals surface area contributed by atoms with Crippen molar-refractivity contribution in [2.75, 3.05) is 13.1 Å². The number of aromatic hydroxyl groups is 1. The van der Waals surface area contributed by atoms with Crippen molar-refractivity contribution < 1.29 is 19.0 Å². The molecule has 0 amide bonds. The summed E-state index contributed by atoms with van der Waals surface area (Å²) in [5.74, 6) is -2.33. The highest BCUT2D eigenvalue weighted by molar-refractivity contribution is 5.35. The Morgan fingerprint density at radius 1 is 1.38 bits per heavy atom. The van der Waals surface area contributed by atoms with Gasteiger partial charge in [0.2, 0.25) is 0 Å². The van der Waals surface area contributed by atoms with Crippen molar-refractivity contribution in [2.24, 2.45) is 0 Å². The van der Waals surface area contributed by atoms with Crippen LogP contribution in [0.5, 0.6) is 5.75 Å². The van der Waals surface area contributed by atoms with Crippen molar-refractivity contribution in [3.8, 4) is 5.75 Å². The van der Waals surface area contributed by atoms with Crippen LogP contribution in [-0.2, 0) is 6.42 Å². The van der Waals surface area contributed by atoms with E-state index in [4.69, 9.17) is 0 Å². The van der Waals surface area contributed by atoms with Gasteiger partial charge in [-0.25, -0.2) is 8.78 Å². The molecule has 3 nitrogen and oxygen atoms in total. The zero-order valence-electron chi connectivity index (χ0n) is 8.63. The van der Waals surface area contributed by atoms with Crippen molar-refractivity contribution >= 4 is 0 Å². The molecule has 88 valence electrons. The molecule has 0 saturated carbocycles. The van der Waals surface area contributed by atoms with Crippen LogP contribution in [-0.4, -0.2) is 28.9 Å². The third-order valence-corrected chi connectivity index (χ3v) is 2.85. The van der Waals surface area contributed by atoms with Gasteiger partial charge in [0.25, 0.3) is 0 Å². The maximum atomic E-state index is 13.1. The van der Waals surface area contributed by atoms with Crippen molar-refractivity contribution in [3.05, 3.63) is 29.3 Å². The summed E-state index contributed by atoms with van der Waals surface area (Å²) in [6, 6.07) is 1.67. The molecule has 1 heterocycles. The van der Waals surface area contributed by atoms with Gasteiger partial charge in [-0.1, -0.05) is 0 Å². The third-order valence-electron chi connectivity index (χ3n) is 2.85. The maximum absolute atomic E-state index is 13.1. The van der Waals surface area contributed by atoms with E-state index in [1.807, 2.05) is 0 Å². The summed E-state index contributed by atoms with van der Waals surface area (Å²) in [5, 5.41) is 22.4. The lowest BCUT2D eigenvalue weighted by Crippen LogP contribution is -2.33. The number of phenols is 1. The van der Waals surface area contributed by atoms with E-state index in [0.29, 0.717) is 25.6 Å². The first-order valence-electron chi connectivity index (χ1n) is 5.10. The fourth-order valence-electron chi connectivity index (χ4n) is 1.99. The smallest absolute Gasteiger partial charge is 0.168 e.